The van der Waals surface area contributed by atoms with Crippen LogP contribution in [0, 0.1) is 0 Å². The summed E-state index contributed by atoms with van der Waals surface area (Å²) in [5.41, 5.74) is 5.59. The Bertz CT molecular complexity index is 2120. The van der Waals surface area contributed by atoms with Crippen LogP contribution in [-0.4, -0.2) is 35.7 Å². The van der Waals surface area contributed by atoms with E-state index >= 15 is 0 Å². The van der Waals surface area contributed by atoms with Gasteiger partial charge in [-0.05, 0) is 94.0 Å². The van der Waals surface area contributed by atoms with Gasteiger partial charge >= 0.3 is 0 Å². The highest BCUT2D eigenvalue weighted by Crippen LogP contribution is 2.60. The van der Waals surface area contributed by atoms with Crippen LogP contribution in [0.5, 0.6) is 51.7 Å². The van der Waals surface area contributed by atoms with Crippen LogP contribution in [-0.2, 0) is 0 Å². The Kier molecular flexibility index (Phi) is 7.60. The summed E-state index contributed by atoms with van der Waals surface area (Å²) in [6, 6.07) is 30.7. The van der Waals surface area contributed by atoms with Crippen LogP contribution in [0.4, 0.5) is 0 Å². The van der Waals surface area contributed by atoms with Crippen LogP contribution >= 0.6 is 0 Å². The number of phenolic OH excluding ortho intramolecular Hbond substituents is 7. The lowest BCUT2D eigenvalue weighted by Gasteiger charge is -2.24. The number of aromatic hydroxyl groups is 7. The zero-order valence-electron chi connectivity index (χ0n) is 26.9. The van der Waals surface area contributed by atoms with Crippen molar-refractivity contribution in [3.05, 3.63) is 160 Å². The summed E-state index contributed by atoms with van der Waals surface area (Å²) < 4.78 is 13.5. The van der Waals surface area contributed by atoms with Crippen LogP contribution in [0.15, 0.2) is 115 Å². The van der Waals surface area contributed by atoms with Crippen molar-refractivity contribution in [1.82, 2.24) is 0 Å². The van der Waals surface area contributed by atoms with Crippen molar-refractivity contribution >= 4 is 12.2 Å². The molecule has 9 heteroatoms. The third kappa shape index (κ3) is 5.84. The summed E-state index contributed by atoms with van der Waals surface area (Å²) in [5.74, 6) is -0.409. The molecule has 0 radical (unpaired) electrons. The van der Waals surface area contributed by atoms with Crippen LogP contribution in [0.2, 0.25) is 0 Å². The normalized spacial score (nSPS) is 19.0. The number of benzene rings is 6. The van der Waals surface area contributed by atoms with E-state index in [-0.39, 0.29) is 40.2 Å². The zero-order chi connectivity index (χ0) is 35.4. The van der Waals surface area contributed by atoms with Crippen molar-refractivity contribution < 1.29 is 45.2 Å². The highest BCUT2D eigenvalue weighted by atomic mass is 16.5. The molecular formula is C42H32O9. The van der Waals surface area contributed by atoms with Crippen LogP contribution in [0.25, 0.3) is 12.2 Å². The van der Waals surface area contributed by atoms with Crippen molar-refractivity contribution in [3.8, 4) is 51.7 Å². The molecule has 0 saturated carbocycles. The Balaban J connectivity index is 1.42. The Morgan fingerprint density at radius 3 is 1.14 bits per heavy atom. The maximum absolute atomic E-state index is 10.7. The Hall–Kier alpha value is -6.74. The van der Waals surface area contributed by atoms with E-state index in [0.29, 0.717) is 28.2 Å². The summed E-state index contributed by atoms with van der Waals surface area (Å²) in [6.07, 6.45) is 2.52. The van der Waals surface area contributed by atoms with Crippen LogP contribution in [0.3, 0.4) is 0 Å². The van der Waals surface area contributed by atoms with Gasteiger partial charge in [0, 0.05) is 29.3 Å². The van der Waals surface area contributed by atoms with Gasteiger partial charge < -0.3 is 45.2 Å². The topological polar surface area (TPSA) is 160 Å². The number of ether oxygens (including phenoxy) is 2. The molecule has 0 amide bonds. The highest BCUT2D eigenvalue weighted by Gasteiger charge is 2.45. The molecule has 0 saturated heterocycles. The van der Waals surface area contributed by atoms with Crippen molar-refractivity contribution in [2.24, 2.45) is 0 Å². The van der Waals surface area contributed by atoms with Gasteiger partial charge in [0.1, 0.15) is 64.0 Å². The van der Waals surface area contributed by atoms with Gasteiger partial charge in [-0.3, -0.25) is 0 Å². The average molecular weight is 681 g/mol. The maximum Gasteiger partial charge on any atom is 0.135 e. The summed E-state index contributed by atoms with van der Waals surface area (Å²) in [4.78, 5) is 0. The third-order valence-corrected chi connectivity index (χ3v) is 9.46. The van der Waals surface area contributed by atoms with Gasteiger partial charge in [0.2, 0.25) is 0 Å². The monoisotopic (exact) mass is 680 g/mol. The third-order valence-electron chi connectivity index (χ3n) is 9.46. The quantitative estimate of drug-likeness (QED) is 0.0858. The van der Waals surface area contributed by atoms with E-state index < -0.39 is 24.0 Å². The molecule has 2 aliphatic rings. The first-order chi connectivity index (χ1) is 24.6. The van der Waals surface area contributed by atoms with Crippen molar-refractivity contribution in [2.75, 3.05) is 0 Å². The number of phenols is 7. The number of fused-ring (bicyclic) bond motifs is 2. The van der Waals surface area contributed by atoms with Gasteiger partial charge in [-0.25, -0.2) is 0 Å². The summed E-state index contributed by atoms with van der Waals surface area (Å²) in [7, 11) is 0. The fraction of sp³-hybridized carbons (Fsp3) is 0.0952. The Morgan fingerprint density at radius 2 is 0.745 bits per heavy atom. The molecule has 2 heterocycles. The molecule has 2 aliphatic heterocycles. The second-order valence-electron chi connectivity index (χ2n) is 12.8. The lowest BCUT2D eigenvalue weighted by molar-refractivity contribution is 0.212. The lowest BCUT2D eigenvalue weighted by atomic mass is 9.77. The molecule has 6 aromatic carbocycles. The van der Waals surface area contributed by atoms with E-state index in [9.17, 15) is 35.7 Å². The molecule has 4 atom stereocenters. The summed E-state index contributed by atoms with van der Waals surface area (Å²) in [5, 5.41) is 72.8. The van der Waals surface area contributed by atoms with Crippen molar-refractivity contribution in [1.29, 1.82) is 0 Å². The van der Waals surface area contributed by atoms with Gasteiger partial charge in [0.25, 0.3) is 0 Å². The maximum atomic E-state index is 10.7. The summed E-state index contributed by atoms with van der Waals surface area (Å²) >= 11 is 0. The molecule has 0 spiro atoms. The molecule has 0 bridgehead atoms. The van der Waals surface area contributed by atoms with Gasteiger partial charge in [-0.1, -0.05) is 48.6 Å². The minimum atomic E-state index is -0.652. The SMILES string of the molecule is Oc1ccc(/C=C/c2c3c(cc4c2[C@H](c2cc(O)cc(O)c2)[C@H](c2ccc(O)cc2)O4)O[C@H](c2ccc(O)cc2)[C@H]3c2cc(O)cc(O)c2)cc1. The van der Waals surface area contributed by atoms with Crippen LogP contribution in [0.1, 0.15) is 68.6 Å². The summed E-state index contributed by atoms with van der Waals surface area (Å²) in [6.45, 7) is 0. The minimum Gasteiger partial charge on any atom is -0.508 e. The highest BCUT2D eigenvalue weighted by molar-refractivity contribution is 5.80. The van der Waals surface area contributed by atoms with E-state index in [1.807, 2.05) is 18.2 Å². The molecule has 7 N–H and O–H groups in total. The Labute approximate surface area is 292 Å². The standard InChI is InChI=1S/C42H32O9/c43-27-8-1-22(2-9-27)3-14-34-39-35(50-41(23-4-10-28(44)11-5-23)37(39)25-15-30(46)19-31(47)16-25)21-36-40(34)38(26-17-32(48)20-33(49)18-26)42(51-36)24-6-12-29(45)13-7-24/h1-21,37-38,41-49H/b14-3+/t37-,38-,41-,42+/m0/s1. The predicted octanol–water partition coefficient (Wildman–Crippen LogP) is 8.33. The van der Waals surface area contributed by atoms with E-state index in [2.05, 4.69) is 0 Å². The average Bonchev–Trinajstić information content (AvgIpc) is 3.66. The van der Waals surface area contributed by atoms with Gasteiger partial charge in [0.15, 0.2) is 0 Å². The molecule has 0 aromatic heterocycles. The lowest BCUT2D eigenvalue weighted by Crippen LogP contribution is -2.14. The first-order valence-corrected chi connectivity index (χ1v) is 16.3. The molecule has 51 heavy (non-hydrogen) atoms. The van der Waals surface area contributed by atoms with E-state index in [0.717, 1.165) is 27.8 Å². The molecule has 254 valence electrons. The van der Waals surface area contributed by atoms with E-state index in [1.54, 1.807) is 97.1 Å². The number of hydrogen-bond acceptors (Lipinski definition) is 9. The number of rotatable bonds is 6. The van der Waals surface area contributed by atoms with Crippen molar-refractivity contribution in [2.45, 2.75) is 24.0 Å². The second-order valence-corrected chi connectivity index (χ2v) is 12.8. The fourth-order valence-electron chi connectivity index (χ4n) is 7.31. The second kappa shape index (κ2) is 12.3. The molecule has 0 aliphatic carbocycles. The first kappa shape index (κ1) is 31.5. The Morgan fingerprint density at radius 1 is 0.373 bits per heavy atom. The molecular weight excluding hydrogens is 648 g/mol. The predicted molar refractivity (Wildman–Crippen MR) is 190 cm³/mol. The van der Waals surface area contributed by atoms with Gasteiger partial charge in [-0.2, -0.15) is 0 Å². The molecule has 9 nitrogen and oxygen atoms in total. The smallest absolute Gasteiger partial charge is 0.135 e. The molecule has 0 unspecified atom stereocenters. The van der Waals surface area contributed by atoms with Crippen molar-refractivity contribution in [3.63, 3.8) is 0 Å². The van der Waals surface area contributed by atoms with E-state index in [4.69, 9.17) is 9.47 Å². The van der Waals surface area contributed by atoms with Gasteiger partial charge in [0.05, 0.1) is 11.8 Å². The molecule has 8 rings (SSSR count). The van der Waals surface area contributed by atoms with E-state index in [1.165, 1.54) is 12.1 Å². The van der Waals surface area contributed by atoms with Crippen LogP contribution < -0.4 is 9.47 Å². The number of hydrogen-bond donors (Lipinski definition) is 7. The minimum absolute atomic E-state index is 0.0863. The molecule has 6 aromatic rings. The largest absolute Gasteiger partial charge is 0.508 e. The fourth-order valence-corrected chi connectivity index (χ4v) is 7.31. The molecule has 0 fully saturated rings. The zero-order valence-corrected chi connectivity index (χ0v) is 26.9. The first-order valence-electron chi connectivity index (χ1n) is 16.3. The van der Waals surface area contributed by atoms with Gasteiger partial charge in [-0.15, -0.1) is 0 Å².